The molecule has 0 saturated carbocycles. The Morgan fingerprint density at radius 2 is 1.05 bits per heavy atom. The van der Waals surface area contributed by atoms with Gasteiger partial charge in [-0.05, 0) is 74.6 Å². The molecule has 0 unspecified atom stereocenters. The number of amides is 1. The Balaban J connectivity index is 0.000000646. The van der Waals surface area contributed by atoms with E-state index in [1.54, 1.807) is 0 Å². The van der Waals surface area contributed by atoms with E-state index in [-0.39, 0.29) is 22.8 Å². The Morgan fingerprint density at radius 1 is 0.683 bits per heavy atom. The highest BCUT2D eigenvalue weighted by atomic mass is 35.5. The number of unbranched alkanes of at least 4 members (excludes halogenated alkanes) is 4. The molecule has 0 aliphatic carbocycles. The second-order valence-electron chi connectivity index (χ2n) is 9.34. The molecular formula is C30H45ClN4O6. The topological polar surface area (TPSA) is 136 Å². The molecule has 2 rings (SSSR count). The van der Waals surface area contributed by atoms with Crippen LogP contribution in [0.25, 0.3) is 0 Å². The van der Waals surface area contributed by atoms with Crippen LogP contribution in [-0.2, 0) is 0 Å². The number of rotatable bonds is 16. The molecule has 0 bridgehead atoms. The van der Waals surface area contributed by atoms with Crippen molar-refractivity contribution in [3.63, 3.8) is 0 Å². The molecule has 0 aliphatic rings. The van der Waals surface area contributed by atoms with Crippen molar-refractivity contribution in [2.75, 3.05) is 26.2 Å². The summed E-state index contributed by atoms with van der Waals surface area (Å²) in [6.45, 7) is 12.5. The maximum Gasteiger partial charge on any atom is 0.269 e. The van der Waals surface area contributed by atoms with Crippen LogP contribution in [0.2, 0.25) is 0 Å². The molecule has 1 N–H and O–H groups in total. The van der Waals surface area contributed by atoms with Crippen LogP contribution in [0.5, 0.6) is 0 Å². The van der Waals surface area contributed by atoms with Crippen molar-refractivity contribution in [1.82, 2.24) is 10.2 Å². The maximum absolute atomic E-state index is 12.4. The Bertz CT molecular complexity index is 985. The predicted octanol–water partition coefficient (Wildman–Crippen LogP) is 7.79. The van der Waals surface area contributed by atoms with Gasteiger partial charge < -0.3 is 10.2 Å². The van der Waals surface area contributed by atoms with Crippen molar-refractivity contribution in [3.05, 3.63) is 79.9 Å². The van der Waals surface area contributed by atoms with Crippen LogP contribution in [0.15, 0.2) is 48.5 Å². The molecule has 0 radical (unpaired) electrons. The van der Waals surface area contributed by atoms with Gasteiger partial charge in [0, 0.05) is 48.5 Å². The third-order valence-corrected chi connectivity index (χ3v) is 6.11. The first-order chi connectivity index (χ1) is 19.6. The summed E-state index contributed by atoms with van der Waals surface area (Å²) >= 11 is 5.13. The molecule has 0 heterocycles. The first kappa shape index (κ1) is 37.6. The Hall–Kier alpha value is -3.37. The van der Waals surface area contributed by atoms with Gasteiger partial charge in [-0.25, -0.2) is 0 Å². The monoisotopic (exact) mass is 592 g/mol. The number of non-ortho nitro benzene ring substituents is 2. The van der Waals surface area contributed by atoms with Crippen LogP contribution < -0.4 is 5.32 Å². The number of carbonyl (C=O) groups excluding carboxylic acids is 2. The predicted molar refractivity (Wildman–Crippen MR) is 165 cm³/mol. The summed E-state index contributed by atoms with van der Waals surface area (Å²) in [5.41, 5.74) is 0.719. The fourth-order valence-electron chi connectivity index (χ4n) is 3.36. The lowest BCUT2D eigenvalue weighted by Crippen LogP contribution is -2.32. The summed E-state index contributed by atoms with van der Waals surface area (Å²) in [5.74, 6) is -0.0400. The average molecular weight is 593 g/mol. The smallest absolute Gasteiger partial charge is 0.269 e. The molecule has 0 spiro atoms. The molecule has 10 nitrogen and oxygen atoms in total. The van der Waals surface area contributed by atoms with Crippen LogP contribution in [0.1, 0.15) is 99.8 Å². The average Bonchev–Trinajstić information content (AvgIpc) is 2.97. The number of halogens is 1. The molecule has 2 aromatic carbocycles. The number of hydrogen-bond donors (Lipinski definition) is 1. The second kappa shape index (κ2) is 23.3. The van der Waals surface area contributed by atoms with Gasteiger partial charge in [-0.15, -0.1) is 0 Å². The van der Waals surface area contributed by atoms with E-state index in [4.69, 9.17) is 11.6 Å². The summed E-state index contributed by atoms with van der Waals surface area (Å²) in [5, 5.41) is 23.5. The van der Waals surface area contributed by atoms with Crippen LogP contribution in [0, 0.1) is 20.2 Å². The van der Waals surface area contributed by atoms with E-state index in [9.17, 15) is 29.8 Å². The number of nitrogens with zero attached hydrogens (tertiary/aromatic N) is 3. The lowest BCUT2D eigenvalue weighted by atomic mass is 10.1. The molecule has 0 aromatic heterocycles. The molecule has 0 fully saturated rings. The largest absolute Gasteiger partial charge is 0.339 e. The maximum atomic E-state index is 12.4. The van der Waals surface area contributed by atoms with Crippen LogP contribution in [-0.4, -0.2) is 52.1 Å². The number of nitrogens with one attached hydrogen (secondary N) is 1. The van der Waals surface area contributed by atoms with E-state index in [0.29, 0.717) is 5.56 Å². The molecule has 41 heavy (non-hydrogen) atoms. The van der Waals surface area contributed by atoms with E-state index in [2.05, 4.69) is 33.0 Å². The summed E-state index contributed by atoms with van der Waals surface area (Å²) < 4.78 is 0. The van der Waals surface area contributed by atoms with E-state index < -0.39 is 15.1 Å². The fourth-order valence-corrected chi connectivity index (χ4v) is 3.49. The Labute approximate surface area is 248 Å². The van der Waals surface area contributed by atoms with Gasteiger partial charge in [0.25, 0.3) is 22.5 Å². The fraction of sp³-hybridized carbons (Fsp3) is 0.533. The van der Waals surface area contributed by atoms with Gasteiger partial charge in [0.2, 0.25) is 0 Å². The van der Waals surface area contributed by atoms with Crippen molar-refractivity contribution in [1.29, 1.82) is 0 Å². The third-order valence-electron chi connectivity index (χ3n) is 5.89. The van der Waals surface area contributed by atoms with Crippen molar-refractivity contribution < 1.29 is 19.4 Å². The first-order valence-electron chi connectivity index (χ1n) is 14.3. The van der Waals surface area contributed by atoms with Crippen LogP contribution >= 0.6 is 11.6 Å². The van der Waals surface area contributed by atoms with Crippen LogP contribution in [0.4, 0.5) is 11.4 Å². The van der Waals surface area contributed by atoms with Gasteiger partial charge in [0.15, 0.2) is 0 Å². The third kappa shape index (κ3) is 17.1. The molecular weight excluding hydrogens is 548 g/mol. The number of nitro benzene ring substituents is 2. The molecule has 0 saturated heterocycles. The van der Waals surface area contributed by atoms with E-state index >= 15 is 0 Å². The van der Waals surface area contributed by atoms with Crippen molar-refractivity contribution in [2.24, 2.45) is 0 Å². The van der Waals surface area contributed by atoms with Gasteiger partial charge >= 0.3 is 0 Å². The van der Waals surface area contributed by atoms with Gasteiger partial charge in [0.1, 0.15) is 0 Å². The quantitative estimate of drug-likeness (QED) is 0.0909. The van der Waals surface area contributed by atoms with Crippen molar-refractivity contribution >= 4 is 34.1 Å². The zero-order valence-corrected chi connectivity index (χ0v) is 25.5. The summed E-state index contributed by atoms with van der Waals surface area (Å²) in [6, 6.07) is 10.9. The van der Waals surface area contributed by atoms with Gasteiger partial charge in [-0.1, -0.05) is 53.4 Å². The van der Waals surface area contributed by atoms with E-state index in [1.807, 2.05) is 4.90 Å². The highest BCUT2D eigenvalue weighted by Gasteiger charge is 2.16. The minimum Gasteiger partial charge on any atom is -0.339 e. The SMILES string of the molecule is CCCCN(CCCC)C(=O)c1ccc([N+](=O)[O-])cc1.CCCCNCCCC.O=C(Cl)c1ccc([N+](=O)[O-])cc1. The van der Waals surface area contributed by atoms with Crippen LogP contribution in [0.3, 0.4) is 0 Å². The minimum atomic E-state index is -0.620. The van der Waals surface area contributed by atoms with Gasteiger partial charge in [0.05, 0.1) is 9.85 Å². The minimum absolute atomic E-state index is 0.00946. The lowest BCUT2D eigenvalue weighted by molar-refractivity contribution is -0.385. The number of benzene rings is 2. The van der Waals surface area contributed by atoms with Crippen molar-refractivity contribution in [3.8, 4) is 0 Å². The van der Waals surface area contributed by atoms with Crippen molar-refractivity contribution in [2.45, 2.75) is 79.1 Å². The lowest BCUT2D eigenvalue weighted by Gasteiger charge is -2.22. The zero-order valence-electron chi connectivity index (χ0n) is 24.8. The second-order valence-corrected chi connectivity index (χ2v) is 9.68. The molecule has 2 aromatic rings. The van der Waals surface area contributed by atoms with E-state index in [0.717, 1.165) is 38.8 Å². The summed E-state index contributed by atoms with van der Waals surface area (Å²) in [6.07, 6.45) is 9.28. The summed E-state index contributed by atoms with van der Waals surface area (Å²) in [7, 11) is 0. The molecule has 0 atom stereocenters. The molecule has 1 amide bonds. The first-order valence-corrected chi connectivity index (χ1v) is 14.7. The highest BCUT2D eigenvalue weighted by molar-refractivity contribution is 6.67. The number of nitro groups is 2. The van der Waals surface area contributed by atoms with Gasteiger partial charge in [-0.2, -0.15) is 0 Å². The number of carbonyl (C=O) groups is 2. The Morgan fingerprint density at radius 3 is 1.37 bits per heavy atom. The zero-order chi connectivity index (χ0) is 31.0. The highest BCUT2D eigenvalue weighted by Crippen LogP contribution is 2.15. The Kier molecular flexibility index (Phi) is 21.4. The number of hydrogen-bond acceptors (Lipinski definition) is 7. The molecule has 228 valence electrons. The molecule has 0 aliphatic heterocycles. The van der Waals surface area contributed by atoms with E-state index in [1.165, 1.54) is 87.3 Å². The molecule has 11 heteroatoms. The summed E-state index contributed by atoms with van der Waals surface area (Å²) in [4.78, 5) is 44.5. The van der Waals surface area contributed by atoms with Gasteiger partial charge in [-0.3, -0.25) is 29.8 Å². The normalized spacial score (nSPS) is 9.98. The standard InChI is InChI=1S/C15H22N2O3.C8H19N.C7H4ClNO3/c1-3-5-11-16(12-6-4-2)15(18)13-7-9-14(10-8-13)17(19)20;1-3-5-7-9-8-6-4-2;8-7(10)5-1-3-6(4-2-5)9(11)12/h7-10H,3-6,11-12H2,1-2H3;9H,3-8H2,1-2H3;1-4H.